The van der Waals surface area contributed by atoms with Crippen LogP contribution in [-0.4, -0.2) is 33.9 Å². The summed E-state index contributed by atoms with van der Waals surface area (Å²) in [5, 5.41) is 4.34. The van der Waals surface area contributed by atoms with Crippen LogP contribution in [0.4, 0.5) is 5.13 Å². The van der Waals surface area contributed by atoms with Crippen molar-refractivity contribution in [1.82, 2.24) is 14.9 Å². The van der Waals surface area contributed by atoms with Crippen molar-refractivity contribution in [3.05, 3.63) is 64.2 Å². The molecule has 0 atom stereocenters. The lowest BCUT2D eigenvalue weighted by atomic mass is 10.1. The van der Waals surface area contributed by atoms with Crippen molar-refractivity contribution in [2.45, 2.75) is 19.9 Å². The summed E-state index contributed by atoms with van der Waals surface area (Å²) >= 11 is 2.89. The Morgan fingerprint density at radius 3 is 2.80 bits per heavy atom. The van der Waals surface area contributed by atoms with E-state index in [2.05, 4.69) is 22.1 Å². The van der Waals surface area contributed by atoms with E-state index >= 15 is 0 Å². The molecule has 0 aliphatic carbocycles. The predicted octanol–water partition coefficient (Wildman–Crippen LogP) is 5.16. The number of anilines is 1. The number of likely N-dealkylation sites (N-methyl/N-ethyl adjacent to an activating group) is 1. The van der Waals surface area contributed by atoms with Gasteiger partial charge in [0.25, 0.3) is 5.91 Å². The maximum absolute atomic E-state index is 13.2. The Kier molecular flexibility index (Phi) is 5.20. The monoisotopic (exact) mass is 436 g/mol. The quantitative estimate of drug-likeness (QED) is 0.468. The van der Waals surface area contributed by atoms with E-state index in [0.717, 1.165) is 37.3 Å². The number of carbonyl (C=O) groups is 1. The minimum absolute atomic E-state index is 0.192. The van der Waals surface area contributed by atoms with Crippen molar-refractivity contribution in [3.8, 4) is 22.0 Å². The smallest absolute Gasteiger partial charge is 0.269 e. The van der Waals surface area contributed by atoms with E-state index in [4.69, 9.17) is 9.40 Å². The number of thiazole rings is 2. The first-order valence-corrected chi connectivity index (χ1v) is 11.5. The topological polar surface area (TPSA) is 71.3 Å². The van der Waals surface area contributed by atoms with E-state index in [1.807, 2.05) is 42.5 Å². The molecule has 1 N–H and O–H groups in total. The average molecular weight is 437 g/mol. The Labute approximate surface area is 182 Å². The van der Waals surface area contributed by atoms with Gasteiger partial charge in [0.15, 0.2) is 15.9 Å². The van der Waals surface area contributed by atoms with Gasteiger partial charge in [-0.3, -0.25) is 15.0 Å². The second-order valence-electron chi connectivity index (χ2n) is 7.00. The first kappa shape index (κ1) is 19.2. The van der Waals surface area contributed by atoms with Crippen molar-refractivity contribution < 1.29 is 9.21 Å². The lowest BCUT2D eigenvalue weighted by molar-refractivity contribution is 0.103. The van der Waals surface area contributed by atoms with Crippen LogP contribution in [0.1, 0.15) is 27.2 Å². The number of hydrogen-bond acceptors (Lipinski definition) is 7. The zero-order valence-corrected chi connectivity index (χ0v) is 18.1. The highest BCUT2D eigenvalue weighted by atomic mass is 32.1. The molecule has 4 aromatic rings. The molecule has 0 fully saturated rings. The van der Waals surface area contributed by atoms with Gasteiger partial charge in [0.2, 0.25) is 0 Å². The highest BCUT2D eigenvalue weighted by Gasteiger charge is 2.24. The van der Waals surface area contributed by atoms with Gasteiger partial charge in [0.05, 0.1) is 17.7 Å². The number of rotatable bonds is 5. The molecular weight excluding hydrogens is 416 g/mol. The molecular formula is C22H20N4O2S2. The first-order valence-electron chi connectivity index (χ1n) is 9.83. The minimum Gasteiger partial charge on any atom is -0.462 e. The molecule has 1 aliphatic heterocycles. The molecule has 1 aromatic carbocycles. The molecule has 3 aromatic heterocycles. The third-order valence-corrected chi connectivity index (χ3v) is 7.16. The Morgan fingerprint density at radius 1 is 1.17 bits per heavy atom. The molecule has 5 rings (SSSR count). The molecule has 30 heavy (non-hydrogen) atoms. The van der Waals surface area contributed by atoms with Crippen LogP contribution in [0.3, 0.4) is 0 Å². The Balaban J connectivity index is 1.46. The van der Waals surface area contributed by atoms with Gasteiger partial charge < -0.3 is 4.42 Å². The predicted molar refractivity (Wildman–Crippen MR) is 120 cm³/mol. The van der Waals surface area contributed by atoms with Crippen molar-refractivity contribution in [1.29, 1.82) is 0 Å². The van der Waals surface area contributed by atoms with E-state index in [0.29, 0.717) is 26.5 Å². The number of nitrogens with zero attached hydrogens (tertiary/aromatic N) is 3. The highest BCUT2D eigenvalue weighted by molar-refractivity contribution is 7.18. The Hall–Kier alpha value is -2.81. The van der Waals surface area contributed by atoms with Gasteiger partial charge in [-0.05, 0) is 18.7 Å². The number of amides is 1. The summed E-state index contributed by atoms with van der Waals surface area (Å²) in [4.78, 5) is 26.8. The van der Waals surface area contributed by atoms with Crippen molar-refractivity contribution >= 4 is 33.7 Å². The van der Waals surface area contributed by atoms with Crippen LogP contribution in [0.25, 0.3) is 22.0 Å². The minimum atomic E-state index is -0.192. The third-order valence-electron chi connectivity index (χ3n) is 5.09. The number of hydrogen-bond donors (Lipinski definition) is 1. The van der Waals surface area contributed by atoms with Gasteiger partial charge in [-0.25, -0.2) is 9.97 Å². The van der Waals surface area contributed by atoms with E-state index < -0.39 is 0 Å². The maximum atomic E-state index is 13.2. The number of carbonyl (C=O) groups excluding carboxylic acids is 1. The van der Waals surface area contributed by atoms with Gasteiger partial charge in [-0.1, -0.05) is 37.3 Å². The highest BCUT2D eigenvalue weighted by Crippen LogP contribution is 2.35. The molecule has 0 spiro atoms. The van der Waals surface area contributed by atoms with Crippen molar-refractivity contribution in [2.24, 2.45) is 0 Å². The van der Waals surface area contributed by atoms with E-state index in [9.17, 15) is 4.79 Å². The largest absolute Gasteiger partial charge is 0.462 e. The molecule has 0 saturated carbocycles. The van der Waals surface area contributed by atoms with Crippen LogP contribution in [0.2, 0.25) is 0 Å². The third kappa shape index (κ3) is 3.69. The Bertz CT molecular complexity index is 1170. The van der Waals surface area contributed by atoms with Crippen LogP contribution in [0.5, 0.6) is 0 Å². The van der Waals surface area contributed by atoms with Crippen molar-refractivity contribution in [3.63, 3.8) is 0 Å². The van der Waals surface area contributed by atoms with Gasteiger partial charge >= 0.3 is 0 Å². The molecule has 0 unspecified atom stereocenters. The van der Waals surface area contributed by atoms with Gasteiger partial charge in [0.1, 0.15) is 4.88 Å². The summed E-state index contributed by atoms with van der Waals surface area (Å²) in [6, 6.07) is 13.4. The summed E-state index contributed by atoms with van der Waals surface area (Å²) in [5.74, 6) is 0.461. The summed E-state index contributed by atoms with van der Waals surface area (Å²) in [7, 11) is 0. The molecule has 6 nitrogen and oxygen atoms in total. The zero-order valence-electron chi connectivity index (χ0n) is 16.4. The average Bonchev–Trinajstić information content (AvgIpc) is 3.52. The fourth-order valence-electron chi connectivity index (χ4n) is 3.50. The maximum Gasteiger partial charge on any atom is 0.269 e. The first-order chi connectivity index (χ1) is 14.7. The molecule has 0 saturated heterocycles. The number of benzene rings is 1. The number of aromatic nitrogens is 2. The second kappa shape index (κ2) is 8.14. The lowest BCUT2D eigenvalue weighted by Gasteiger charge is -2.23. The second-order valence-corrected chi connectivity index (χ2v) is 9.08. The molecule has 0 bridgehead atoms. The van der Waals surface area contributed by atoms with Crippen LogP contribution < -0.4 is 5.32 Å². The zero-order chi connectivity index (χ0) is 20.5. The van der Waals surface area contributed by atoms with Crippen molar-refractivity contribution in [2.75, 3.05) is 18.4 Å². The van der Waals surface area contributed by atoms with E-state index in [-0.39, 0.29) is 5.91 Å². The van der Waals surface area contributed by atoms with Gasteiger partial charge in [-0.2, -0.15) is 0 Å². The van der Waals surface area contributed by atoms with Crippen LogP contribution >= 0.6 is 22.7 Å². The van der Waals surface area contributed by atoms with E-state index in [1.54, 1.807) is 17.6 Å². The van der Waals surface area contributed by atoms with E-state index in [1.165, 1.54) is 16.2 Å². The molecule has 0 radical (unpaired) electrons. The number of nitrogens with one attached hydrogen (secondary N) is 1. The fourth-order valence-corrected chi connectivity index (χ4v) is 5.49. The van der Waals surface area contributed by atoms with Crippen LogP contribution in [0, 0.1) is 0 Å². The van der Waals surface area contributed by atoms with Gasteiger partial charge in [-0.15, -0.1) is 22.7 Å². The summed E-state index contributed by atoms with van der Waals surface area (Å²) in [6.07, 6.45) is 2.53. The number of fused-ring (bicyclic) bond motifs is 1. The summed E-state index contributed by atoms with van der Waals surface area (Å²) in [5.41, 5.74) is 2.65. The fraction of sp³-hybridized carbons (Fsp3) is 0.227. The molecule has 8 heteroatoms. The summed E-state index contributed by atoms with van der Waals surface area (Å²) < 4.78 is 5.50. The standard InChI is InChI=1S/C22H20N4O2S2/c1-2-26-11-10-15-17(13-26)29-22(23-15)25-20(27)19-18(14-7-4-3-5-8-14)24-21(30-19)16-9-6-12-28-16/h3-9,12H,2,10-11,13H2,1H3,(H,23,25,27). The van der Waals surface area contributed by atoms with Gasteiger partial charge in [0, 0.05) is 30.0 Å². The molecule has 1 amide bonds. The lowest BCUT2D eigenvalue weighted by Crippen LogP contribution is -2.29. The normalized spacial score (nSPS) is 13.9. The van der Waals surface area contributed by atoms with Crippen LogP contribution in [-0.2, 0) is 13.0 Å². The van der Waals surface area contributed by atoms with Crippen LogP contribution in [0.15, 0.2) is 53.1 Å². The molecule has 4 heterocycles. The summed E-state index contributed by atoms with van der Waals surface area (Å²) in [6.45, 7) is 5.11. The molecule has 152 valence electrons. The number of furan rings is 1. The molecule has 1 aliphatic rings. The SMILES string of the molecule is CCN1CCc2nc(NC(=O)c3sc(-c4ccco4)nc3-c3ccccc3)sc2C1. The Morgan fingerprint density at radius 2 is 2.03 bits per heavy atom.